The van der Waals surface area contributed by atoms with E-state index in [9.17, 15) is 9.59 Å². The van der Waals surface area contributed by atoms with Crippen LogP contribution in [-0.4, -0.2) is 41.1 Å². The van der Waals surface area contributed by atoms with Gasteiger partial charge in [-0.15, -0.1) is 11.3 Å². The molecule has 1 aliphatic heterocycles. The van der Waals surface area contributed by atoms with E-state index in [0.717, 1.165) is 29.9 Å². The molecule has 7 nitrogen and oxygen atoms in total. The third kappa shape index (κ3) is 3.24. The van der Waals surface area contributed by atoms with E-state index >= 15 is 0 Å². The number of likely N-dealkylation sites (tertiary alicyclic amines) is 1. The van der Waals surface area contributed by atoms with Crippen molar-refractivity contribution in [2.45, 2.75) is 25.4 Å². The van der Waals surface area contributed by atoms with E-state index in [0.29, 0.717) is 16.8 Å². The molecule has 146 valence electrons. The van der Waals surface area contributed by atoms with Crippen LogP contribution in [0.3, 0.4) is 0 Å². The summed E-state index contributed by atoms with van der Waals surface area (Å²) < 4.78 is 12.8. The number of ether oxygens (including phenoxy) is 2. The van der Waals surface area contributed by atoms with Gasteiger partial charge in [0.05, 0.1) is 32.1 Å². The van der Waals surface area contributed by atoms with Gasteiger partial charge in [0, 0.05) is 12.1 Å². The smallest absolute Gasteiger partial charge is 0.271 e. The Morgan fingerprint density at radius 2 is 2.14 bits per heavy atom. The Balaban J connectivity index is 1.62. The van der Waals surface area contributed by atoms with Gasteiger partial charge in [0.1, 0.15) is 22.7 Å². The number of rotatable bonds is 5. The highest BCUT2D eigenvalue weighted by molar-refractivity contribution is 7.17. The molecule has 0 aliphatic carbocycles. The molecule has 0 saturated carbocycles. The monoisotopic (exact) mass is 399 g/mol. The number of hydrogen-bond acceptors (Lipinski definition) is 6. The van der Waals surface area contributed by atoms with E-state index < -0.39 is 0 Å². The van der Waals surface area contributed by atoms with Gasteiger partial charge >= 0.3 is 0 Å². The summed E-state index contributed by atoms with van der Waals surface area (Å²) in [6, 6.07) is 7.31. The molecule has 3 heterocycles. The van der Waals surface area contributed by atoms with Gasteiger partial charge in [0.15, 0.2) is 0 Å². The number of benzene rings is 1. The molecule has 0 N–H and O–H groups in total. The van der Waals surface area contributed by atoms with Crippen LogP contribution in [0.1, 0.15) is 24.4 Å². The molecule has 1 saturated heterocycles. The lowest BCUT2D eigenvalue weighted by Crippen LogP contribution is -2.36. The van der Waals surface area contributed by atoms with Crippen LogP contribution in [0.15, 0.2) is 40.8 Å². The van der Waals surface area contributed by atoms with E-state index in [2.05, 4.69) is 4.98 Å². The zero-order valence-electron chi connectivity index (χ0n) is 15.8. The van der Waals surface area contributed by atoms with Gasteiger partial charge in [-0.2, -0.15) is 0 Å². The topological polar surface area (TPSA) is 73.7 Å². The van der Waals surface area contributed by atoms with Crippen molar-refractivity contribution in [1.82, 2.24) is 14.5 Å². The van der Waals surface area contributed by atoms with Crippen molar-refractivity contribution in [3.63, 3.8) is 0 Å². The van der Waals surface area contributed by atoms with Crippen molar-refractivity contribution >= 4 is 27.5 Å². The molecule has 3 aromatic rings. The lowest BCUT2D eigenvalue weighted by atomic mass is 10.0. The minimum Gasteiger partial charge on any atom is -0.497 e. The second kappa shape index (κ2) is 7.63. The summed E-state index contributed by atoms with van der Waals surface area (Å²) in [4.78, 5) is 31.7. The van der Waals surface area contributed by atoms with Crippen LogP contribution in [0, 0.1) is 0 Å². The number of fused-ring (bicyclic) bond motifs is 1. The maximum Gasteiger partial charge on any atom is 0.271 e. The van der Waals surface area contributed by atoms with E-state index in [4.69, 9.17) is 9.47 Å². The van der Waals surface area contributed by atoms with E-state index in [1.165, 1.54) is 22.2 Å². The standard InChI is InChI=1S/C20H21N3O4S/c1-26-13-5-6-17(27-2)14(10-13)16-4-3-8-23(16)18(24)11-22-12-21-15-7-9-28-19(15)20(22)25/h5-7,9-10,12,16H,3-4,8,11H2,1-2H3. The third-order valence-electron chi connectivity index (χ3n) is 5.11. The summed E-state index contributed by atoms with van der Waals surface area (Å²) in [5.41, 5.74) is 1.41. The van der Waals surface area contributed by atoms with Crippen molar-refractivity contribution in [1.29, 1.82) is 0 Å². The molecule has 2 aromatic heterocycles. The summed E-state index contributed by atoms with van der Waals surface area (Å²) in [5.74, 6) is 1.34. The fourth-order valence-electron chi connectivity index (χ4n) is 3.72. The molecule has 1 atom stereocenters. The Labute approximate surface area is 166 Å². The molecule has 0 spiro atoms. The number of amides is 1. The number of hydrogen-bond donors (Lipinski definition) is 0. The van der Waals surface area contributed by atoms with Crippen LogP contribution in [0.5, 0.6) is 11.5 Å². The van der Waals surface area contributed by atoms with Crippen LogP contribution in [0.2, 0.25) is 0 Å². The van der Waals surface area contributed by atoms with Gasteiger partial charge in [-0.05, 0) is 42.5 Å². The molecule has 0 radical (unpaired) electrons. The molecule has 1 amide bonds. The highest BCUT2D eigenvalue weighted by atomic mass is 32.1. The summed E-state index contributed by atoms with van der Waals surface area (Å²) in [7, 11) is 3.23. The number of aromatic nitrogens is 2. The Morgan fingerprint density at radius 3 is 2.93 bits per heavy atom. The van der Waals surface area contributed by atoms with Crippen molar-refractivity contribution in [3.8, 4) is 11.5 Å². The van der Waals surface area contributed by atoms with Crippen LogP contribution in [0.4, 0.5) is 0 Å². The number of carbonyl (C=O) groups is 1. The zero-order valence-corrected chi connectivity index (χ0v) is 16.6. The largest absolute Gasteiger partial charge is 0.497 e. The van der Waals surface area contributed by atoms with Gasteiger partial charge in [-0.25, -0.2) is 4.98 Å². The zero-order chi connectivity index (χ0) is 19.7. The van der Waals surface area contributed by atoms with Crippen molar-refractivity contribution < 1.29 is 14.3 Å². The maximum absolute atomic E-state index is 13.0. The average Bonchev–Trinajstić information content (AvgIpc) is 3.39. The predicted octanol–water partition coefficient (Wildman–Crippen LogP) is 2.84. The first-order valence-electron chi connectivity index (χ1n) is 9.06. The molecule has 28 heavy (non-hydrogen) atoms. The second-order valence-corrected chi connectivity index (χ2v) is 7.58. The molecule has 1 unspecified atom stereocenters. The number of carbonyl (C=O) groups excluding carboxylic acids is 1. The highest BCUT2D eigenvalue weighted by Gasteiger charge is 2.32. The van der Waals surface area contributed by atoms with Crippen LogP contribution < -0.4 is 15.0 Å². The first-order valence-corrected chi connectivity index (χ1v) is 9.94. The van der Waals surface area contributed by atoms with E-state index in [1.807, 2.05) is 28.5 Å². The Kier molecular flexibility index (Phi) is 5.04. The van der Waals surface area contributed by atoms with Crippen LogP contribution in [-0.2, 0) is 11.3 Å². The lowest BCUT2D eigenvalue weighted by Gasteiger charge is -2.27. The average molecular weight is 399 g/mol. The number of methoxy groups -OCH3 is 2. The minimum absolute atomic E-state index is 0.0253. The van der Waals surface area contributed by atoms with Crippen molar-refractivity contribution in [2.24, 2.45) is 0 Å². The van der Waals surface area contributed by atoms with Gasteiger partial charge in [0.25, 0.3) is 5.56 Å². The fourth-order valence-corrected chi connectivity index (χ4v) is 4.51. The van der Waals surface area contributed by atoms with Crippen molar-refractivity contribution in [2.75, 3.05) is 20.8 Å². The lowest BCUT2D eigenvalue weighted by molar-refractivity contribution is -0.132. The summed E-state index contributed by atoms with van der Waals surface area (Å²) >= 11 is 1.34. The molecule has 8 heteroatoms. The van der Waals surface area contributed by atoms with Crippen LogP contribution in [0.25, 0.3) is 10.2 Å². The molecular weight excluding hydrogens is 378 g/mol. The van der Waals surface area contributed by atoms with Gasteiger partial charge in [-0.3, -0.25) is 14.2 Å². The molecule has 1 fully saturated rings. The first kappa shape index (κ1) is 18.5. The summed E-state index contributed by atoms with van der Waals surface area (Å²) in [5, 5.41) is 1.83. The highest BCUT2D eigenvalue weighted by Crippen LogP contribution is 2.39. The molecule has 1 aromatic carbocycles. The molecule has 4 rings (SSSR count). The van der Waals surface area contributed by atoms with Gasteiger partial charge < -0.3 is 14.4 Å². The third-order valence-corrected chi connectivity index (χ3v) is 6.00. The number of thiophene rings is 1. The van der Waals surface area contributed by atoms with Crippen LogP contribution >= 0.6 is 11.3 Å². The van der Waals surface area contributed by atoms with Gasteiger partial charge in [0.2, 0.25) is 5.91 Å². The Hall–Kier alpha value is -2.87. The van der Waals surface area contributed by atoms with Gasteiger partial charge in [-0.1, -0.05) is 0 Å². The normalized spacial score (nSPS) is 16.5. The molecule has 1 aliphatic rings. The fraction of sp³-hybridized carbons (Fsp3) is 0.350. The Morgan fingerprint density at radius 1 is 1.29 bits per heavy atom. The Bertz CT molecular complexity index is 1070. The number of nitrogens with zero attached hydrogens (tertiary/aromatic N) is 3. The van der Waals surface area contributed by atoms with E-state index in [1.54, 1.807) is 20.3 Å². The maximum atomic E-state index is 13.0. The van der Waals surface area contributed by atoms with E-state index in [-0.39, 0.29) is 24.1 Å². The second-order valence-electron chi connectivity index (χ2n) is 6.67. The molecular formula is C20H21N3O4S. The quantitative estimate of drug-likeness (QED) is 0.660. The first-order chi connectivity index (χ1) is 13.6. The summed E-state index contributed by atoms with van der Waals surface area (Å²) in [6.07, 6.45) is 3.19. The van der Waals surface area contributed by atoms with Crippen molar-refractivity contribution in [3.05, 3.63) is 51.9 Å². The minimum atomic E-state index is -0.178. The predicted molar refractivity (Wildman–Crippen MR) is 107 cm³/mol. The summed E-state index contributed by atoms with van der Waals surface area (Å²) in [6.45, 7) is 0.621. The SMILES string of the molecule is COc1ccc(OC)c(C2CCCN2C(=O)Cn2cnc3ccsc3c2=O)c1. The molecule has 0 bridgehead atoms.